The third-order valence-electron chi connectivity index (χ3n) is 3.30. The third-order valence-corrected chi connectivity index (χ3v) is 3.99. The highest BCUT2D eigenvalue weighted by molar-refractivity contribution is 7.98. The summed E-state index contributed by atoms with van der Waals surface area (Å²) >= 11 is 1.88. The van der Waals surface area contributed by atoms with Crippen LogP contribution in [-0.4, -0.2) is 31.0 Å². The van der Waals surface area contributed by atoms with Crippen LogP contribution in [0.2, 0.25) is 0 Å². The number of hydrogen-bond acceptors (Lipinski definition) is 3. The molecule has 0 spiro atoms. The van der Waals surface area contributed by atoms with Gasteiger partial charge in [0.05, 0.1) is 5.56 Å². The van der Waals surface area contributed by atoms with Gasteiger partial charge in [0.15, 0.2) is 0 Å². The first-order valence-corrected chi connectivity index (χ1v) is 9.20. The zero-order chi connectivity index (χ0) is 15.5. The Balaban J connectivity index is 2.50. The quantitative estimate of drug-likeness (QED) is 0.640. The van der Waals surface area contributed by atoms with E-state index in [4.69, 9.17) is 0 Å². The second-order valence-electron chi connectivity index (χ2n) is 5.29. The molecule has 0 atom stereocenters. The minimum Gasteiger partial charge on any atom is -0.384 e. The van der Waals surface area contributed by atoms with Crippen LogP contribution in [0.5, 0.6) is 0 Å². The van der Waals surface area contributed by atoms with Crippen molar-refractivity contribution >= 4 is 23.4 Å². The summed E-state index contributed by atoms with van der Waals surface area (Å²) in [5.41, 5.74) is 2.80. The maximum Gasteiger partial charge on any atom is 0.253 e. The molecule has 0 aromatic heterocycles. The molecule has 3 nitrogen and oxygen atoms in total. The molecular formula is C17H28N2OS. The highest BCUT2D eigenvalue weighted by Gasteiger charge is 2.10. The van der Waals surface area contributed by atoms with Crippen LogP contribution in [0.25, 0.3) is 0 Å². The third kappa shape index (κ3) is 6.89. The van der Waals surface area contributed by atoms with Crippen molar-refractivity contribution in [3.63, 3.8) is 0 Å². The van der Waals surface area contributed by atoms with Crippen molar-refractivity contribution in [2.75, 3.05) is 30.4 Å². The van der Waals surface area contributed by atoms with Crippen LogP contribution in [0.15, 0.2) is 18.2 Å². The molecule has 0 aliphatic carbocycles. The summed E-state index contributed by atoms with van der Waals surface area (Å²) in [5, 5.41) is 6.36. The van der Waals surface area contributed by atoms with E-state index in [0.717, 1.165) is 42.7 Å². The lowest BCUT2D eigenvalue weighted by atomic mass is 10.1. The predicted molar refractivity (Wildman–Crippen MR) is 94.5 cm³/mol. The Labute approximate surface area is 133 Å². The van der Waals surface area contributed by atoms with Crippen LogP contribution in [-0.2, 0) is 0 Å². The average molecular weight is 308 g/mol. The fourth-order valence-electron chi connectivity index (χ4n) is 2.11. The van der Waals surface area contributed by atoms with Gasteiger partial charge in [-0.05, 0) is 50.3 Å². The number of amides is 1. The van der Waals surface area contributed by atoms with E-state index < -0.39 is 0 Å². The Morgan fingerprint density at radius 3 is 2.71 bits per heavy atom. The first-order chi connectivity index (χ1) is 10.2. The predicted octanol–water partition coefficient (Wildman–Crippen LogP) is 4.08. The molecule has 0 heterocycles. The number of aryl methyl sites for hydroxylation is 1. The van der Waals surface area contributed by atoms with Gasteiger partial charge in [0.2, 0.25) is 0 Å². The molecule has 1 aromatic carbocycles. The number of unbranched alkanes of at least 4 members (excludes halogenated alkanes) is 2. The molecule has 2 N–H and O–H groups in total. The number of thioether (sulfide) groups is 1. The molecule has 0 radical (unpaired) electrons. The number of anilines is 1. The monoisotopic (exact) mass is 308 g/mol. The smallest absolute Gasteiger partial charge is 0.253 e. The molecule has 118 valence electrons. The molecule has 0 saturated carbocycles. The Hall–Kier alpha value is -1.16. The van der Waals surface area contributed by atoms with Crippen LogP contribution < -0.4 is 10.6 Å². The summed E-state index contributed by atoms with van der Waals surface area (Å²) in [5.74, 6) is 1.24. The lowest BCUT2D eigenvalue weighted by Gasteiger charge is -2.12. The summed E-state index contributed by atoms with van der Waals surface area (Å²) in [6.45, 7) is 5.78. The minimum atomic E-state index is 0.0298. The largest absolute Gasteiger partial charge is 0.384 e. The second kappa shape index (κ2) is 10.6. The normalized spacial score (nSPS) is 10.4. The summed E-state index contributed by atoms with van der Waals surface area (Å²) in [6, 6.07) is 6.00. The fourth-order valence-corrected chi connectivity index (χ4v) is 2.60. The topological polar surface area (TPSA) is 41.1 Å². The summed E-state index contributed by atoms with van der Waals surface area (Å²) < 4.78 is 0. The minimum absolute atomic E-state index is 0.0298. The van der Waals surface area contributed by atoms with Gasteiger partial charge in [-0.25, -0.2) is 0 Å². The van der Waals surface area contributed by atoms with Crippen molar-refractivity contribution < 1.29 is 4.79 Å². The van der Waals surface area contributed by atoms with Gasteiger partial charge < -0.3 is 10.6 Å². The number of hydrogen-bond donors (Lipinski definition) is 2. The van der Waals surface area contributed by atoms with Gasteiger partial charge in [0.25, 0.3) is 5.91 Å². The number of benzene rings is 1. The average Bonchev–Trinajstić information content (AvgIpc) is 2.49. The fraction of sp³-hybridized carbons (Fsp3) is 0.588. The van der Waals surface area contributed by atoms with Gasteiger partial charge >= 0.3 is 0 Å². The lowest BCUT2D eigenvalue weighted by Crippen LogP contribution is -2.25. The number of carbonyl (C=O) groups is 1. The lowest BCUT2D eigenvalue weighted by molar-refractivity contribution is 0.0953. The standard InChI is InChI=1S/C17H28N2OS/c1-4-10-18-16-9-8-14(2)13-15(16)17(20)19-11-6-5-7-12-21-3/h8-9,13,18H,4-7,10-12H2,1-3H3,(H,19,20). The zero-order valence-corrected chi connectivity index (χ0v) is 14.3. The highest BCUT2D eigenvalue weighted by atomic mass is 32.2. The van der Waals surface area contributed by atoms with E-state index in [2.05, 4.69) is 23.8 Å². The Kier molecular flexibility index (Phi) is 8.99. The Morgan fingerprint density at radius 1 is 1.19 bits per heavy atom. The SMILES string of the molecule is CCCNc1ccc(C)cc1C(=O)NCCCCCSC. The molecule has 0 fully saturated rings. The van der Waals surface area contributed by atoms with Gasteiger partial charge in [-0.15, -0.1) is 0 Å². The molecule has 1 amide bonds. The first kappa shape index (κ1) is 17.9. The molecule has 0 aliphatic heterocycles. The van der Waals surface area contributed by atoms with Crippen molar-refractivity contribution in [1.29, 1.82) is 0 Å². The van der Waals surface area contributed by atoms with Crippen LogP contribution >= 0.6 is 11.8 Å². The van der Waals surface area contributed by atoms with Crippen LogP contribution in [0.1, 0.15) is 48.5 Å². The Morgan fingerprint density at radius 2 is 2.00 bits per heavy atom. The zero-order valence-electron chi connectivity index (χ0n) is 13.5. The van der Waals surface area contributed by atoms with Gasteiger partial charge in [0, 0.05) is 18.8 Å². The molecular weight excluding hydrogens is 280 g/mol. The van der Waals surface area contributed by atoms with Gasteiger partial charge in [0.1, 0.15) is 0 Å². The van der Waals surface area contributed by atoms with Crippen LogP contribution in [0.3, 0.4) is 0 Å². The summed E-state index contributed by atoms with van der Waals surface area (Å²) in [4.78, 5) is 12.3. The van der Waals surface area contributed by atoms with E-state index in [1.165, 1.54) is 18.6 Å². The summed E-state index contributed by atoms with van der Waals surface area (Å²) in [6.07, 6.45) is 6.63. The number of rotatable bonds is 10. The maximum atomic E-state index is 12.3. The van der Waals surface area contributed by atoms with Crippen molar-refractivity contribution in [3.8, 4) is 0 Å². The molecule has 21 heavy (non-hydrogen) atoms. The van der Waals surface area contributed by atoms with E-state index in [-0.39, 0.29) is 5.91 Å². The second-order valence-corrected chi connectivity index (χ2v) is 6.27. The van der Waals surface area contributed by atoms with Crippen molar-refractivity contribution in [3.05, 3.63) is 29.3 Å². The first-order valence-electron chi connectivity index (χ1n) is 7.80. The molecule has 0 unspecified atom stereocenters. The van der Waals surface area contributed by atoms with Crippen molar-refractivity contribution in [1.82, 2.24) is 5.32 Å². The summed E-state index contributed by atoms with van der Waals surface area (Å²) in [7, 11) is 0. The molecule has 1 rings (SSSR count). The number of carbonyl (C=O) groups excluding carboxylic acids is 1. The molecule has 0 bridgehead atoms. The number of nitrogens with one attached hydrogen (secondary N) is 2. The van der Waals surface area contributed by atoms with Crippen LogP contribution in [0.4, 0.5) is 5.69 Å². The molecule has 0 saturated heterocycles. The van der Waals surface area contributed by atoms with E-state index in [1.54, 1.807) is 0 Å². The van der Waals surface area contributed by atoms with E-state index in [1.807, 2.05) is 36.9 Å². The van der Waals surface area contributed by atoms with Gasteiger partial charge in [-0.2, -0.15) is 11.8 Å². The highest BCUT2D eigenvalue weighted by Crippen LogP contribution is 2.17. The van der Waals surface area contributed by atoms with Gasteiger partial charge in [-0.1, -0.05) is 25.0 Å². The molecule has 4 heteroatoms. The molecule has 0 aliphatic rings. The van der Waals surface area contributed by atoms with Gasteiger partial charge in [-0.3, -0.25) is 4.79 Å². The maximum absolute atomic E-state index is 12.3. The van der Waals surface area contributed by atoms with E-state index >= 15 is 0 Å². The van der Waals surface area contributed by atoms with Crippen LogP contribution in [0, 0.1) is 6.92 Å². The van der Waals surface area contributed by atoms with E-state index in [9.17, 15) is 4.79 Å². The van der Waals surface area contributed by atoms with E-state index in [0.29, 0.717) is 0 Å². The van der Waals surface area contributed by atoms with Crippen molar-refractivity contribution in [2.24, 2.45) is 0 Å². The Bertz CT molecular complexity index is 435. The van der Waals surface area contributed by atoms with Crippen molar-refractivity contribution in [2.45, 2.75) is 39.5 Å². The molecule has 1 aromatic rings.